The molecule has 3 aromatic carbocycles. The van der Waals surface area contributed by atoms with E-state index in [1.54, 1.807) is 18.2 Å². The third-order valence-corrected chi connectivity index (χ3v) is 6.83. The minimum absolute atomic E-state index is 0. The molecule has 0 spiro atoms. The van der Waals surface area contributed by atoms with E-state index in [1.165, 1.54) is 16.2 Å². The number of rotatable bonds is 5. The van der Waals surface area contributed by atoms with Gasteiger partial charge in [-0.05, 0) is 49.1 Å². The van der Waals surface area contributed by atoms with Crippen molar-refractivity contribution in [2.45, 2.75) is 0 Å². The minimum atomic E-state index is -0.670. The number of thiazole rings is 1. The second kappa shape index (κ2) is 9.72. The summed E-state index contributed by atoms with van der Waals surface area (Å²) in [6, 6.07) is 18.6. The predicted octanol–water partition coefficient (Wildman–Crippen LogP) is 5.84. The van der Waals surface area contributed by atoms with Gasteiger partial charge in [-0.15, -0.1) is 12.4 Å². The summed E-state index contributed by atoms with van der Waals surface area (Å²) < 4.78 is 6.43. The number of carbonyl (C=O) groups is 1. The van der Waals surface area contributed by atoms with Crippen LogP contribution >= 0.6 is 35.3 Å². The van der Waals surface area contributed by atoms with Crippen LogP contribution in [0.2, 0.25) is 5.02 Å². The van der Waals surface area contributed by atoms with Gasteiger partial charge >= 0.3 is 5.63 Å². The summed E-state index contributed by atoms with van der Waals surface area (Å²) in [5.74, 6) is -0.449. The summed E-state index contributed by atoms with van der Waals surface area (Å²) in [5, 5.41) is 3.65. The average molecular weight is 514 g/mol. The average Bonchev–Trinajstić information content (AvgIpc) is 3.23. The van der Waals surface area contributed by atoms with Crippen molar-refractivity contribution >= 4 is 78.3 Å². The maximum absolute atomic E-state index is 13.7. The van der Waals surface area contributed by atoms with Crippen LogP contribution in [0.1, 0.15) is 10.4 Å². The first-order valence-corrected chi connectivity index (χ1v) is 11.6. The molecule has 0 aliphatic carbocycles. The molecule has 0 aliphatic rings. The molecular weight excluding hydrogens is 493 g/mol. The van der Waals surface area contributed by atoms with Gasteiger partial charge in [0.1, 0.15) is 16.7 Å². The zero-order valence-corrected chi connectivity index (χ0v) is 20.8. The van der Waals surface area contributed by atoms with Gasteiger partial charge in [0.25, 0.3) is 5.91 Å². The predicted molar refractivity (Wildman–Crippen MR) is 142 cm³/mol. The van der Waals surface area contributed by atoms with E-state index in [2.05, 4.69) is 4.98 Å². The summed E-state index contributed by atoms with van der Waals surface area (Å²) in [4.78, 5) is 34.7. The van der Waals surface area contributed by atoms with Gasteiger partial charge in [-0.25, -0.2) is 9.78 Å². The van der Waals surface area contributed by atoms with E-state index in [1.807, 2.05) is 61.5 Å². The van der Waals surface area contributed by atoms with Crippen molar-refractivity contribution in [3.8, 4) is 0 Å². The van der Waals surface area contributed by atoms with E-state index in [0.717, 1.165) is 20.9 Å². The molecule has 0 aliphatic heterocycles. The molecule has 0 radical (unpaired) electrons. The fourth-order valence-corrected chi connectivity index (χ4v) is 5.06. The van der Waals surface area contributed by atoms with Crippen molar-refractivity contribution in [2.24, 2.45) is 0 Å². The number of hydrogen-bond acceptors (Lipinski definition) is 6. The summed E-state index contributed by atoms with van der Waals surface area (Å²) in [6.07, 6.45) is 0. The zero-order valence-electron chi connectivity index (χ0n) is 18.4. The lowest BCUT2D eigenvalue weighted by atomic mass is 10.0. The van der Waals surface area contributed by atoms with E-state index >= 15 is 0 Å². The van der Waals surface area contributed by atoms with Crippen LogP contribution in [0.3, 0.4) is 0 Å². The lowest BCUT2D eigenvalue weighted by Gasteiger charge is -2.21. The normalized spacial score (nSPS) is 11.3. The Morgan fingerprint density at radius 3 is 2.59 bits per heavy atom. The number of amides is 1. The lowest BCUT2D eigenvalue weighted by Crippen LogP contribution is -2.38. The molecule has 174 valence electrons. The van der Waals surface area contributed by atoms with Gasteiger partial charge in [0.05, 0.1) is 9.72 Å². The van der Waals surface area contributed by atoms with Crippen LogP contribution in [0, 0.1) is 0 Å². The van der Waals surface area contributed by atoms with Gasteiger partial charge in [-0.3, -0.25) is 9.69 Å². The number of anilines is 1. The van der Waals surface area contributed by atoms with Gasteiger partial charge in [0, 0.05) is 18.5 Å². The molecule has 0 unspecified atom stereocenters. The Morgan fingerprint density at radius 2 is 1.82 bits per heavy atom. The lowest BCUT2D eigenvalue weighted by molar-refractivity contribution is 0.0982. The van der Waals surface area contributed by atoms with Crippen LogP contribution in [0.25, 0.3) is 32.0 Å². The second-order valence-corrected chi connectivity index (χ2v) is 9.41. The third kappa shape index (κ3) is 4.40. The number of benzene rings is 3. The molecular formula is C25H21Cl2N3O3S. The molecule has 1 amide bonds. The van der Waals surface area contributed by atoms with Crippen LogP contribution in [0.5, 0.6) is 0 Å². The molecule has 0 saturated heterocycles. The minimum Gasteiger partial charge on any atom is -0.422 e. The van der Waals surface area contributed by atoms with Gasteiger partial charge in [-0.2, -0.15) is 0 Å². The number of likely N-dealkylation sites (N-methyl/N-ethyl adjacent to an activating group) is 1. The Balaban J connectivity index is 0.00000274. The van der Waals surface area contributed by atoms with Crippen molar-refractivity contribution in [2.75, 3.05) is 32.1 Å². The van der Waals surface area contributed by atoms with E-state index < -0.39 is 11.5 Å². The zero-order chi connectivity index (χ0) is 23.1. The van der Waals surface area contributed by atoms with Gasteiger partial charge in [0.15, 0.2) is 5.13 Å². The topological polar surface area (TPSA) is 66.7 Å². The standard InChI is InChI=1S/C25H20ClN3O3S.ClH/c1-28(2)12-13-29(25-27-22-19(26)8-5-9-21(22)33-25)23(30)18-14-17-16-7-4-3-6-15(16)10-11-20(17)32-24(18)31;/h3-11,14H,12-13H2,1-2H3;1H. The summed E-state index contributed by atoms with van der Waals surface area (Å²) >= 11 is 7.68. The van der Waals surface area contributed by atoms with E-state index in [4.69, 9.17) is 16.0 Å². The highest BCUT2D eigenvalue weighted by atomic mass is 35.5. The SMILES string of the molecule is CN(C)CCN(C(=O)c1cc2c(ccc3ccccc32)oc1=O)c1nc2c(Cl)cccc2s1.Cl. The summed E-state index contributed by atoms with van der Waals surface area (Å²) in [5.41, 5.74) is 0.389. The van der Waals surface area contributed by atoms with Crippen molar-refractivity contribution in [3.05, 3.63) is 81.7 Å². The smallest absolute Gasteiger partial charge is 0.349 e. The number of aromatic nitrogens is 1. The molecule has 0 N–H and O–H groups in total. The Labute approximate surface area is 210 Å². The molecule has 6 nitrogen and oxygen atoms in total. The molecule has 0 saturated carbocycles. The Morgan fingerprint density at radius 1 is 1.03 bits per heavy atom. The van der Waals surface area contributed by atoms with Gasteiger partial charge < -0.3 is 9.32 Å². The molecule has 0 bridgehead atoms. The van der Waals surface area contributed by atoms with Crippen molar-refractivity contribution in [1.82, 2.24) is 9.88 Å². The van der Waals surface area contributed by atoms with E-state index in [-0.39, 0.29) is 18.0 Å². The van der Waals surface area contributed by atoms with Crippen LogP contribution in [-0.2, 0) is 0 Å². The van der Waals surface area contributed by atoms with Gasteiger partial charge in [0.2, 0.25) is 0 Å². The molecule has 5 aromatic rings. The highest BCUT2D eigenvalue weighted by Crippen LogP contribution is 2.33. The van der Waals surface area contributed by atoms with Gasteiger partial charge in [-0.1, -0.05) is 59.3 Å². The Kier molecular flexibility index (Phi) is 6.91. The first-order valence-electron chi connectivity index (χ1n) is 10.4. The maximum Gasteiger partial charge on any atom is 0.349 e. The van der Waals surface area contributed by atoms with Crippen molar-refractivity contribution in [3.63, 3.8) is 0 Å². The Bertz CT molecular complexity index is 1580. The number of nitrogens with zero attached hydrogens (tertiary/aromatic N) is 3. The number of hydrogen-bond donors (Lipinski definition) is 0. The first kappa shape index (κ1) is 24.2. The molecule has 2 aromatic heterocycles. The number of fused-ring (bicyclic) bond motifs is 4. The highest BCUT2D eigenvalue weighted by Gasteiger charge is 2.25. The Hall–Kier alpha value is -2.97. The molecule has 5 rings (SSSR count). The number of para-hydroxylation sites is 1. The van der Waals surface area contributed by atoms with Crippen LogP contribution in [0.15, 0.2) is 69.9 Å². The van der Waals surface area contributed by atoms with E-state index in [9.17, 15) is 9.59 Å². The monoisotopic (exact) mass is 513 g/mol. The van der Waals surface area contributed by atoms with Crippen molar-refractivity contribution in [1.29, 1.82) is 0 Å². The third-order valence-electron chi connectivity index (χ3n) is 5.48. The summed E-state index contributed by atoms with van der Waals surface area (Å²) in [6.45, 7) is 0.952. The maximum atomic E-state index is 13.7. The number of carbonyl (C=O) groups excluding carboxylic acids is 1. The number of halogens is 2. The summed E-state index contributed by atoms with van der Waals surface area (Å²) in [7, 11) is 3.85. The van der Waals surface area contributed by atoms with E-state index in [0.29, 0.717) is 34.3 Å². The van der Waals surface area contributed by atoms with Crippen LogP contribution in [0.4, 0.5) is 5.13 Å². The molecule has 9 heteroatoms. The molecule has 34 heavy (non-hydrogen) atoms. The van der Waals surface area contributed by atoms with Crippen LogP contribution < -0.4 is 10.5 Å². The molecule has 2 heterocycles. The fourth-order valence-electron chi connectivity index (χ4n) is 3.77. The highest BCUT2D eigenvalue weighted by molar-refractivity contribution is 7.22. The fraction of sp³-hybridized carbons (Fsp3) is 0.160. The van der Waals surface area contributed by atoms with Crippen LogP contribution in [-0.4, -0.2) is 43.0 Å². The quantitative estimate of drug-likeness (QED) is 0.218. The largest absolute Gasteiger partial charge is 0.422 e. The first-order chi connectivity index (χ1) is 15.9. The second-order valence-electron chi connectivity index (χ2n) is 7.99. The van der Waals surface area contributed by atoms with Crippen molar-refractivity contribution < 1.29 is 9.21 Å². The molecule has 0 atom stereocenters. The molecule has 0 fully saturated rings.